The third kappa shape index (κ3) is 13.2. The number of rotatable bonds is 5. The van der Waals surface area contributed by atoms with Crippen molar-refractivity contribution in [1.82, 2.24) is 19.4 Å². The van der Waals surface area contributed by atoms with E-state index in [1.54, 1.807) is 0 Å². The summed E-state index contributed by atoms with van der Waals surface area (Å²) in [6, 6.07) is 1.09. The Labute approximate surface area is 233 Å². The van der Waals surface area contributed by atoms with E-state index in [9.17, 15) is 39.5 Å². The zero-order chi connectivity index (χ0) is 33.1. The number of ether oxygens (including phenoxy) is 1. The molecule has 3 rings (SSSR count). The fourth-order valence-corrected chi connectivity index (χ4v) is 3.95. The number of carboxylic acid groups (broad SMARTS) is 3. The van der Waals surface area contributed by atoms with Crippen LogP contribution in [0.5, 0.6) is 0 Å². The highest BCUT2D eigenvalue weighted by Crippen LogP contribution is 2.32. The zero-order valence-corrected chi connectivity index (χ0v) is 22.5. The Kier molecular flexibility index (Phi) is 15.3. The van der Waals surface area contributed by atoms with Gasteiger partial charge in [-0.05, 0) is 25.9 Å². The summed E-state index contributed by atoms with van der Waals surface area (Å²) in [4.78, 5) is 36.3. The first kappa shape index (κ1) is 38.9. The van der Waals surface area contributed by atoms with Gasteiger partial charge in [-0.2, -0.15) is 39.5 Å². The molecule has 2 fully saturated rings. The van der Waals surface area contributed by atoms with Crippen LogP contribution in [0.1, 0.15) is 32.5 Å². The van der Waals surface area contributed by atoms with E-state index in [1.165, 1.54) is 12.8 Å². The third-order valence-corrected chi connectivity index (χ3v) is 5.88. The summed E-state index contributed by atoms with van der Waals surface area (Å²) in [5.41, 5.74) is 0. The van der Waals surface area contributed by atoms with E-state index in [4.69, 9.17) is 34.4 Å². The van der Waals surface area contributed by atoms with Crippen LogP contribution in [0.4, 0.5) is 39.5 Å². The molecule has 0 unspecified atom stereocenters. The van der Waals surface area contributed by atoms with Crippen LogP contribution in [-0.4, -0.2) is 116 Å². The van der Waals surface area contributed by atoms with E-state index < -0.39 is 36.4 Å². The fraction of sp³-hybridized carbons (Fsp3) is 0.727. The van der Waals surface area contributed by atoms with Crippen molar-refractivity contribution in [1.29, 1.82) is 0 Å². The lowest BCUT2D eigenvalue weighted by Crippen LogP contribution is -2.47. The van der Waals surface area contributed by atoms with Gasteiger partial charge < -0.3 is 24.6 Å². The monoisotopic (exact) mass is 634 g/mol. The van der Waals surface area contributed by atoms with Crippen molar-refractivity contribution in [3.05, 3.63) is 18.2 Å². The lowest BCUT2D eigenvalue weighted by atomic mass is 10.00. The minimum Gasteiger partial charge on any atom is -0.475 e. The van der Waals surface area contributed by atoms with Crippen LogP contribution in [0.25, 0.3) is 0 Å². The molecule has 3 N–H and O–H groups in total. The van der Waals surface area contributed by atoms with Gasteiger partial charge in [0.05, 0.1) is 18.7 Å². The second kappa shape index (κ2) is 16.5. The van der Waals surface area contributed by atoms with E-state index in [0.717, 1.165) is 38.6 Å². The van der Waals surface area contributed by atoms with Crippen molar-refractivity contribution in [2.24, 2.45) is 7.05 Å². The molecule has 42 heavy (non-hydrogen) atoms. The van der Waals surface area contributed by atoms with E-state index in [2.05, 4.69) is 40.2 Å². The number of fused-ring (bicyclic) bond motifs is 1. The minimum absolute atomic E-state index is 0.374. The molecule has 11 nitrogen and oxygen atoms in total. The Hall–Kier alpha value is -3.13. The smallest absolute Gasteiger partial charge is 0.475 e. The molecule has 1 aromatic heterocycles. The topological polar surface area (TPSA) is 145 Å². The highest BCUT2D eigenvalue weighted by molar-refractivity contribution is 5.73. The molecule has 2 aliphatic heterocycles. The quantitative estimate of drug-likeness (QED) is 0.412. The van der Waals surface area contributed by atoms with Crippen molar-refractivity contribution in [2.75, 3.05) is 26.2 Å². The summed E-state index contributed by atoms with van der Waals surface area (Å²) in [6.45, 7) is 9.67. The van der Waals surface area contributed by atoms with Crippen LogP contribution in [-0.2, 0) is 32.7 Å². The summed E-state index contributed by atoms with van der Waals surface area (Å²) < 4.78 is 104. The molecule has 0 aliphatic carbocycles. The van der Waals surface area contributed by atoms with Crippen LogP contribution in [0, 0.1) is 0 Å². The van der Waals surface area contributed by atoms with Crippen molar-refractivity contribution in [3.63, 3.8) is 0 Å². The van der Waals surface area contributed by atoms with Gasteiger partial charge in [-0.1, -0.05) is 13.8 Å². The van der Waals surface area contributed by atoms with Gasteiger partial charge in [-0.15, -0.1) is 0 Å². The molecule has 2 aliphatic rings. The summed E-state index contributed by atoms with van der Waals surface area (Å²) in [5.74, 6) is -7.12. The second-order valence-electron chi connectivity index (χ2n) is 8.63. The largest absolute Gasteiger partial charge is 0.490 e. The van der Waals surface area contributed by atoms with Crippen LogP contribution >= 0.6 is 0 Å². The number of alkyl halides is 9. The molecule has 20 heteroatoms. The molecule has 3 atom stereocenters. The Morgan fingerprint density at radius 3 is 1.69 bits per heavy atom. The molecular formula is C22H31F9N4O7. The number of likely N-dealkylation sites (N-methyl/N-ethyl adjacent to an activating group) is 1. The third-order valence-electron chi connectivity index (χ3n) is 5.88. The standard InChI is InChI=1S/C16H28N4O.3C2HF3O2/c1-4-19(5-2)14-11-20(12-15-17-8-9-18(15)3)13-7-6-10-21-16(13)14;3*3-2(4,5)1(6)7/h8-9,13-14,16H,4-7,10-12H2,1-3H3;3*(H,6,7)/t13-,14-,16+;;;/m1.../s1. The average Bonchev–Trinajstić information content (AvgIpc) is 3.43. The van der Waals surface area contributed by atoms with Crippen molar-refractivity contribution in [2.45, 2.75) is 70.0 Å². The van der Waals surface area contributed by atoms with Crippen LogP contribution in [0.3, 0.4) is 0 Å². The minimum atomic E-state index is -5.08. The lowest BCUT2D eigenvalue weighted by Gasteiger charge is -2.35. The number of hydrogen-bond acceptors (Lipinski definition) is 7. The van der Waals surface area contributed by atoms with Crippen molar-refractivity contribution >= 4 is 17.9 Å². The van der Waals surface area contributed by atoms with Gasteiger partial charge in [0.15, 0.2) is 0 Å². The summed E-state index contributed by atoms with van der Waals surface area (Å²) in [6.07, 6.45) is -8.51. The second-order valence-corrected chi connectivity index (χ2v) is 8.63. The maximum Gasteiger partial charge on any atom is 0.490 e. The molecule has 0 spiro atoms. The van der Waals surface area contributed by atoms with Gasteiger partial charge in [-0.25, -0.2) is 19.4 Å². The Bertz CT molecular complexity index is 939. The Morgan fingerprint density at radius 1 is 0.929 bits per heavy atom. The normalized spacial score (nSPS) is 20.6. The van der Waals surface area contributed by atoms with Gasteiger partial charge >= 0.3 is 36.4 Å². The molecular weight excluding hydrogens is 603 g/mol. The van der Waals surface area contributed by atoms with Gasteiger partial charge in [0.1, 0.15) is 5.82 Å². The number of carbonyl (C=O) groups is 3. The molecule has 0 bridgehead atoms. The lowest BCUT2D eigenvalue weighted by molar-refractivity contribution is -0.193. The zero-order valence-electron chi connectivity index (χ0n) is 22.5. The van der Waals surface area contributed by atoms with Gasteiger partial charge in [0, 0.05) is 38.6 Å². The fourth-order valence-electron chi connectivity index (χ4n) is 3.95. The van der Waals surface area contributed by atoms with Crippen LogP contribution in [0.2, 0.25) is 0 Å². The number of nitrogens with zero attached hydrogens (tertiary/aromatic N) is 4. The first-order valence-corrected chi connectivity index (χ1v) is 12.0. The van der Waals surface area contributed by atoms with Crippen molar-refractivity contribution < 1.29 is 74.0 Å². The molecule has 0 aromatic carbocycles. The number of halogens is 9. The van der Waals surface area contributed by atoms with Gasteiger partial charge in [0.2, 0.25) is 0 Å². The van der Waals surface area contributed by atoms with Gasteiger partial charge in [-0.3, -0.25) is 9.80 Å². The molecule has 0 saturated carbocycles. The maximum atomic E-state index is 10.6. The maximum absolute atomic E-state index is 10.6. The predicted octanol–water partition coefficient (Wildman–Crippen LogP) is 3.39. The Balaban J connectivity index is 0.000000660. The number of likely N-dealkylation sites (tertiary alicyclic amines) is 1. The number of aromatic nitrogens is 2. The molecule has 3 heterocycles. The first-order valence-electron chi connectivity index (χ1n) is 12.0. The van der Waals surface area contributed by atoms with E-state index in [1.807, 2.05) is 12.4 Å². The molecule has 1 aromatic rings. The summed E-state index contributed by atoms with van der Waals surface area (Å²) in [5, 5.41) is 21.4. The van der Waals surface area contributed by atoms with Gasteiger partial charge in [0.25, 0.3) is 0 Å². The van der Waals surface area contributed by atoms with E-state index in [0.29, 0.717) is 18.2 Å². The molecule has 2 saturated heterocycles. The number of carboxylic acids is 3. The van der Waals surface area contributed by atoms with E-state index in [-0.39, 0.29) is 0 Å². The Morgan fingerprint density at radius 2 is 1.36 bits per heavy atom. The number of aryl methyl sites for hydroxylation is 1. The molecule has 0 radical (unpaired) electrons. The molecule has 244 valence electrons. The first-order chi connectivity index (χ1) is 19.1. The highest BCUT2D eigenvalue weighted by Gasteiger charge is 2.46. The van der Waals surface area contributed by atoms with Crippen LogP contribution in [0.15, 0.2) is 12.4 Å². The summed E-state index contributed by atoms with van der Waals surface area (Å²) in [7, 11) is 2.08. The van der Waals surface area contributed by atoms with Crippen LogP contribution < -0.4 is 0 Å². The number of aliphatic carboxylic acids is 3. The highest BCUT2D eigenvalue weighted by atomic mass is 19.4. The summed E-state index contributed by atoms with van der Waals surface area (Å²) >= 11 is 0. The predicted molar refractivity (Wildman–Crippen MR) is 124 cm³/mol. The van der Waals surface area contributed by atoms with E-state index >= 15 is 0 Å². The number of hydrogen-bond donors (Lipinski definition) is 3. The SMILES string of the molecule is CCN(CC)[C@@H]1CN(Cc2nccn2C)[C@@H]2CCCO[C@H]12.O=C(O)C(F)(F)F.O=C(O)C(F)(F)F.O=C(O)C(F)(F)F. The molecule has 0 amide bonds. The number of imidazole rings is 1. The average molecular weight is 634 g/mol. The van der Waals surface area contributed by atoms with Crippen molar-refractivity contribution in [3.8, 4) is 0 Å².